The van der Waals surface area contributed by atoms with E-state index in [0.717, 1.165) is 37.3 Å². The molecule has 0 spiro atoms. The smallest absolute Gasteiger partial charge is 0.137 e. The average Bonchev–Trinajstić information content (AvgIpc) is 2.24. The molecule has 1 atom stereocenters. The van der Waals surface area contributed by atoms with E-state index in [2.05, 4.69) is 17.2 Å². The zero-order valence-corrected chi connectivity index (χ0v) is 10.3. The van der Waals surface area contributed by atoms with Gasteiger partial charge in [-0.05, 0) is 37.4 Å². The molecule has 3 nitrogen and oxygen atoms in total. The van der Waals surface area contributed by atoms with Gasteiger partial charge in [0.05, 0.1) is 12.8 Å². The summed E-state index contributed by atoms with van der Waals surface area (Å²) in [6.45, 7) is 3.95. The fraction of sp³-hybridized carbons (Fsp3) is 0.583. The molecular formula is C12H17ClN2O. The third-order valence-corrected chi connectivity index (χ3v) is 3.27. The maximum atomic E-state index is 5.94. The summed E-state index contributed by atoms with van der Waals surface area (Å²) < 4.78 is 5.65. The van der Waals surface area contributed by atoms with Gasteiger partial charge < -0.3 is 10.1 Å². The van der Waals surface area contributed by atoms with Crippen molar-refractivity contribution < 1.29 is 4.74 Å². The largest absolute Gasteiger partial charge is 0.492 e. The van der Waals surface area contributed by atoms with Crippen LogP contribution in [0.5, 0.6) is 5.75 Å². The zero-order chi connectivity index (χ0) is 11.4. The van der Waals surface area contributed by atoms with E-state index in [4.69, 9.17) is 16.3 Å². The van der Waals surface area contributed by atoms with Gasteiger partial charge in [0, 0.05) is 6.04 Å². The van der Waals surface area contributed by atoms with Gasteiger partial charge in [-0.25, -0.2) is 4.98 Å². The van der Waals surface area contributed by atoms with Crippen LogP contribution in [0.2, 0.25) is 5.15 Å². The topological polar surface area (TPSA) is 34.1 Å². The van der Waals surface area contributed by atoms with Gasteiger partial charge in [0.1, 0.15) is 10.9 Å². The predicted molar refractivity (Wildman–Crippen MR) is 65.1 cm³/mol. The second-order valence-corrected chi connectivity index (χ2v) is 4.41. The summed E-state index contributed by atoms with van der Waals surface area (Å²) in [5.74, 6) is 0.820. The first-order valence-corrected chi connectivity index (χ1v) is 6.18. The SMILES string of the molecule is CCc1cc(OCC[C@@H]2CCN2)cnc1Cl. The minimum atomic E-state index is 0.579. The van der Waals surface area contributed by atoms with Crippen molar-refractivity contribution in [3.8, 4) is 5.75 Å². The van der Waals surface area contributed by atoms with Crippen LogP contribution in [0.15, 0.2) is 12.3 Å². The number of pyridine rings is 1. The molecule has 1 fully saturated rings. The number of aromatic nitrogens is 1. The number of aryl methyl sites for hydroxylation is 1. The van der Waals surface area contributed by atoms with Crippen molar-refractivity contribution in [1.82, 2.24) is 10.3 Å². The van der Waals surface area contributed by atoms with E-state index in [1.165, 1.54) is 6.42 Å². The molecule has 0 amide bonds. The molecule has 2 rings (SSSR count). The Morgan fingerprint density at radius 2 is 2.44 bits per heavy atom. The van der Waals surface area contributed by atoms with Gasteiger partial charge in [-0.15, -0.1) is 0 Å². The van der Waals surface area contributed by atoms with Crippen molar-refractivity contribution in [2.75, 3.05) is 13.2 Å². The van der Waals surface area contributed by atoms with Gasteiger partial charge in [-0.1, -0.05) is 18.5 Å². The number of nitrogens with zero attached hydrogens (tertiary/aromatic N) is 1. The minimum absolute atomic E-state index is 0.579. The Balaban J connectivity index is 1.83. The maximum absolute atomic E-state index is 5.94. The Morgan fingerprint density at radius 3 is 3.06 bits per heavy atom. The normalized spacial score (nSPS) is 19.2. The van der Waals surface area contributed by atoms with Crippen LogP contribution in [0.3, 0.4) is 0 Å². The van der Waals surface area contributed by atoms with Crippen LogP contribution >= 0.6 is 11.6 Å². The molecule has 0 saturated carbocycles. The van der Waals surface area contributed by atoms with Crippen LogP contribution in [-0.4, -0.2) is 24.2 Å². The number of hydrogen-bond acceptors (Lipinski definition) is 3. The lowest BCUT2D eigenvalue weighted by Crippen LogP contribution is -2.43. The van der Waals surface area contributed by atoms with Gasteiger partial charge >= 0.3 is 0 Å². The Labute approximate surface area is 101 Å². The molecule has 0 unspecified atom stereocenters. The predicted octanol–water partition coefficient (Wildman–Crippen LogP) is 2.43. The van der Waals surface area contributed by atoms with Gasteiger partial charge in [-0.3, -0.25) is 0 Å². The van der Waals surface area contributed by atoms with E-state index in [1.807, 2.05) is 6.07 Å². The molecule has 4 heteroatoms. The van der Waals surface area contributed by atoms with Gasteiger partial charge in [0.15, 0.2) is 0 Å². The molecule has 0 aliphatic carbocycles. The lowest BCUT2D eigenvalue weighted by molar-refractivity contribution is 0.251. The lowest BCUT2D eigenvalue weighted by Gasteiger charge is -2.27. The van der Waals surface area contributed by atoms with Gasteiger partial charge in [-0.2, -0.15) is 0 Å². The molecular weight excluding hydrogens is 224 g/mol. The highest BCUT2D eigenvalue weighted by atomic mass is 35.5. The number of nitrogens with one attached hydrogen (secondary N) is 1. The molecule has 1 aliphatic heterocycles. The molecule has 2 heterocycles. The van der Waals surface area contributed by atoms with Crippen molar-refractivity contribution in [1.29, 1.82) is 0 Å². The molecule has 1 saturated heterocycles. The third kappa shape index (κ3) is 2.86. The molecule has 1 aromatic heterocycles. The molecule has 1 N–H and O–H groups in total. The van der Waals surface area contributed by atoms with E-state index >= 15 is 0 Å². The van der Waals surface area contributed by atoms with Crippen molar-refractivity contribution in [2.45, 2.75) is 32.2 Å². The molecule has 88 valence electrons. The van der Waals surface area contributed by atoms with Crippen LogP contribution in [0.4, 0.5) is 0 Å². The Bertz CT molecular complexity index is 353. The van der Waals surface area contributed by atoms with Gasteiger partial charge in [0.2, 0.25) is 0 Å². The fourth-order valence-corrected chi connectivity index (χ4v) is 1.95. The van der Waals surface area contributed by atoms with E-state index in [-0.39, 0.29) is 0 Å². The third-order valence-electron chi connectivity index (χ3n) is 2.93. The maximum Gasteiger partial charge on any atom is 0.137 e. The summed E-state index contributed by atoms with van der Waals surface area (Å²) >= 11 is 5.94. The quantitative estimate of drug-likeness (QED) is 0.803. The van der Waals surface area contributed by atoms with Crippen LogP contribution in [-0.2, 0) is 6.42 Å². The van der Waals surface area contributed by atoms with Crippen molar-refractivity contribution in [3.05, 3.63) is 23.0 Å². The lowest BCUT2D eigenvalue weighted by atomic mass is 10.0. The summed E-state index contributed by atoms with van der Waals surface area (Å²) in [5.41, 5.74) is 1.04. The average molecular weight is 241 g/mol. The zero-order valence-electron chi connectivity index (χ0n) is 9.50. The molecule has 0 aromatic carbocycles. The number of halogens is 1. The second-order valence-electron chi connectivity index (χ2n) is 4.05. The highest BCUT2D eigenvalue weighted by Gasteiger charge is 2.15. The van der Waals surface area contributed by atoms with E-state index in [9.17, 15) is 0 Å². The molecule has 1 aliphatic rings. The van der Waals surface area contributed by atoms with Gasteiger partial charge in [0.25, 0.3) is 0 Å². The van der Waals surface area contributed by atoms with Crippen molar-refractivity contribution in [3.63, 3.8) is 0 Å². The van der Waals surface area contributed by atoms with Crippen molar-refractivity contribution in [2.24, 2.45) is 0 Å². The summed E-state index contributed by atoms with van der Waals surface area (Å²) in [7, 11) is 0. The van der Waals surface area contributed by atoms with Crippen LogP contribution in [0.1, 0.15) is 25.3 Å². The highest BCUT2D eigenvalue weighted by molar-refractivity contribution is 6.30. The number of rotatable bonds is 5. The molecule has 0 radical (unpaired) electrons. The first-order valence-electron chi connectivity index (χ1n) is 5.80. The number of hydrogen-bond donors (Lipinski definition) is 1. The minimum Gasteiger partial charge on any atom is -0.492 e. The monoisotopic (exact) mass is 240 g/mol. The summed E-state index contributed by atoms with van der Waals surface area (Å²) in [6, 6.07) is 2.62. The Hall–Kier alpha value is -0.800. The highest BCUT2D eigenvalue weighted by Crippen LogP contribution is 2.20. The fourth-order valence-electron chi connectivity index (χ4n) is 1.71. The van der Waals surface area contributed by atoms with E-state index in [1.54, 1.807) is 6.20 Å². The van der Waals surface area contributed by atoms with Crippen LogP contribution in [0, 0.1) is 0 Å². The summed E-state index contributed by atoms with van der Waals surface area (Å²) in [6.07, 6.45) is 4.90. The first kappa shape index (κ1) is 11.7. The van der Waals surface area contributed by atoms with E-state index < -0.39 is 0 Å². The molecule has 16 heavy (non-hydrogen) atoms. The Kier molecular flexibility index (Phi) is 4.02. The van der Waals surface area contributed by atoms with Crippen LogP contribution < -0.4 is 10.1 Å². The Morgan fingerprint density at radius 1 is 1.62 bits per heavy atom. The van der Waals surface area contributed by atoms with E-state index in [0.29, 0.717) is 11.2 Å². The molecule has 0 bridgehead atoms. The summed E-state index contributed by atoms with van der Waals surface area (Å²) in [5, 5.41) is 3.93. The first-order chi connectivity index (χ1) is 7.79. The second kappa shape index (κ2) is 5.51. The summed E-state index contributed by atoms with van der Waals surface area (Å²) in [4.78, 5) is 4.11. The standard InChI is InChI=1S/C12H17ClN2O/c1-2-9-7-11(8-15-12(9)13)16-6-4-10-3-5-14-10/h7-8,10,14H,2-6H2,1H3/t10-/m0/s1. The van der Waals surface area contributed by atoms with Crippen molar-refractivity contribution >= 4 is 11.6 Å². The van der Waals surface area contributed by atoms with Crippen LogP contribution in [0.25, 0.3) is 0 Å². The molecule has 1 aromatic rings. The number of ether oxygens (including phenoxy) is 1.